The molecule has 3 heterocycles. The standard InChI is InChI=1S/C20H17F2N3O4/c21-20(22)29-14-7-5-13(6-8-14)23-12-19(26)25-16(18-4-2-10-28-18)11-15(24-25)17-3-1-9-27-17/h1-10,16,20,23H,11-12H2/t16-/m1/s1. The smallest absolute Gasteiger partial charge is 0.387 e. The number of alkyl halides is 2. The first-order valence-corrected chi connectivity index (χ1v) is 8.86. The van der Waals surface area contributed by atoms with E-state index >= 15 is 0 Å². The van der Waals surface area contributed by atoms with Crippen molar-refractivity contribution >= 4 is 17.3 Å². The molecule has 1 aromatic carbocycles. The number of carbonyl (C=O) groups is 1. The number of rotatable bonds is 7. The molecule has 0 bridgehead atoms. The monoisotopic (exact) mass is 401 g/mol. The van der Waals surface area contributed by atoms with Crippen molar-refractivity contribution in [3.05, 3.63) is 72.6 Å². The predicted octanol–water partition coefficient (Wildman–Crippen LogP) is 4.26. The fourth-order valence-corrected chi connectivity index (χ4v) is 3.05. The molecule has 9 heteroatoms. The lowest BCUT2D eigenvalue weighted by molar-refractivity contribution is -0.131. The van der Waals surface area contributed by atoms with Gasteiger partial charge in [0.2, 0.25) is 0 Å². The molecule has 0 saturated carbocycles. The number of hydrogen-bond acceptors (Lipinski definition) is 6. The quantitative estimate of drug-likeness (QED) is 0.640. The molecule has 29 heavy (non-hydrogen) atoms. The van der Waals surface area contributed by atoms with Crippen LogP contribution in [0.2, 0.25) is 0 Å². The Balaban J connectivity index is 1.45. The van der Waals surface area contributed by atoms with Crippen LogP contribution in [0.5, 0.6) is 5.75 Å². The summed E-state index contributed by atoms with van der Waals surface area (Å²) in [6.45, 7) is -2.92. The molecule has 0 radical (unpaired) electrons. The van der Waals surface area contributed by atoms with Gasteiger partial charge >= 0.3 is 6.61 Å². The number of amides is 1. The first kappa shape index (κ1) is 18.7. The van der Waals surface area contributed by atoms with Crippen LogP contribution in [0.3, 0.4) is 0 Å². The molecule has 0 saturated heterocycles. The second-order valence-electron chi connectivity index (χ2n) is 6.25. The minimum Gasteiger partial charge on any atom is -0.467 e. The third kappa shape index (κ3) is 4.29. The molecule has 7 nitrogen and oxygen atoms in total. The van der Waals surface area contributed by atoms with Crippen LogP contribution in [0.25, 0.3) is 0 Å². The number of ether oxygens (including phenoxy) is 1. The summed E-state index contributed by atoms with van der Waals surface area (Å²) in [5, 5.41) is 8.76. The second kappa shape index (κ2) is 8.17. The predicted molar refractivity (Wildman–Crippen MR) is 99.7 cm³/mol. The molecular formula is C20H17F2N3O4. The van der Waals surface area contributed by atoms with Gasteiger partial charge in [0.05, 0.1) is 19.1 Å². The summed E-state index contributed by atoms with van der Waals surface area (Å²) in [6, 6.07) is 12.6. The SMILES string of the molecule is O=C(CNc1ccc(OC(F)F)cc1)N1N=C(c2ccco2)C[C@@H]1c1ccco1. The van der Waals surface area contributed by atoms with Gasteiger partial charge in [0, 0.05) is 12.1 Å². The Labute approximate surface area is 164 Å². The summed E-state index contributed by atoms with van der Waals surface area (Å²) in [7, 11) is 0. The minimum atomic E-state index is -2.88. The zero-order valence-electron chi connectivity index (χ0n) is 15.1. The molecule has 1 amide bonds. The van der Waals surface area contributed by atoms with Gasteiger partial charge in [-0.25, -0.2) is 5.01 Å². The summed E-state index contributed by atoms with van der Waals surface area (Å²) in [5.74, 6) is 0.986. The fraction of sp³-hybridized carbons (Fsp3) is 0.200. The van der Waals surface area contributed by atoms with Gasteiger partial charge in [0.15, 0.2) is 0 Å². The van der Waals surface area contributed by atoms with Crippen molar-refractivity contribution in [3.8, 4) is 5.75 Å². The van der Waals surface area contributed by atoms with E-state index in [2.05, 4.69) is 15.2 Å². The van der Waals surface area contributed by atoms with Crippen molar-refractivity contribution in [2.45, 2.75) is 19.1 Å². The van der Waals surface area contributed by atoms with E-state index in [-0.39, 0.29) is 24.2 Å². The first-order chi connectivity index (χ1) is 14.1. The van der Waals surface area contributed by atoms with Crippen molar-refractivity contribution in [2.24, 2.45) is 5.10 Å². The van der Waals surface area contributed by atoms with E-state index < -0.39 is 6.61 Å². The molecule has 2 aromatic heterocycles. The van der Waals surface area contributed by atoms with Gasteiger partial charge in [-0.2, -0.15) is 13.9 Å². The Morgan fingerprint density at radius 1 is 1.17 bits per heavy atom. The Morgan fingerprint density at radius 3 is 2.59 bits per heavy atom. The van der Waals surface area contributed by atoms with Crippen molar-refractivity contribution in [3.63, 3.8) is 0 Å². The number of furan rings is 2. The van der Waals surface area contributed by atoms with Crippen LogP contribution >= 0.6 is 0 Å². The van der Waals surface area contributed by atoms with E-state index in [1.807, 2.05) is 0 Å². The van der Waals surface area contributed by atoms with E-state index in [1.54, 1.807) is 48.9 Å². The summed E-state index contributed by atoms with van der Waals surface area (Å²) in [6.07, 6.45) is 3.56. The van der Waals surface area contributed by atoms with Gasteiger partial charge in [-0.1, -0.05) is 0 Å². The third-order valence-corrected chi connectivity index (χ3v) is 4.37. The highest BCUT2D eigenvalue weighted by molar-refractivity contribution is 6.01. The number of hydrogen-bond donors (Lipinski definition) is 1. The number of carbonyl (C=O) groups excluding carboxylic acids is 1. The Morgan fingerprint density at radius 2 is 1.93 bits per heavy atom. The molecule has 1 atom stereocenters. The molecule has 1 aliphatic rings. The summed E-state index contributed by atoms with van der Waals surface area (Å²) < 4.78 is 39.6. The van der Waals surface area contributed by atoms with E-state index in [4.69, 9.17) is 8.83 Å². The maximum absolute atomic E-state index is 12.8. The van der Waals surface area contributed by atoms with E-state index in [9.17, 15) is 13.6 Å². The largest absolute Gasteiger partial charge is 0.467 e. The number of benzene rings is 1. The zero-order valence-corrected chi connectivity index (χ0v) is 15.1. The lowest BCUT2D eigenvalue weighted by Crippen LogP contribution is -2.32. The van der Waals surface area contributed by atoms with Crippen LogP contribution in [0.15, 0.2) is 75.0 Å². The van der Waals surface area contributed by atoms with E-state index in [0.717, 1.165) is 0 Å². The molecule has 3 aromatic rings. The molecule has 1 N–H and O–H groups in total. The highest BCUT2D eigenvalue weighted by Gasteiger charge is 2.35. The van der Waals surface area contributed by atoms with Crippen LogP contribution in [0.1, 0.15) is 24.0 Å². The molecule has 0 fully saturated rings. The fourth-order valence-electron chi connectivity index (χ4n) is 3.05. The van der Waals surface area contributed by atoms with Crippen LogP contribution in [-0.4, -0.2) is 29.8 Å². The molecular weight excluding hydrogens is 384 g/mol. The van der Waals surface area contributed by atoms with E-state index in [1.165, 1.54) is 17.1 Å². The Hall–Kier alpha value is -3.62. The van der Waals surface area contributed by atoms with Crippen molar-refractivity contribution < 1.29 is 27.1 Å². The topological polar surface area (TPSA) is 80.2 Å². The number of anilines is 1. The normalized spacial score (nSPS) is 16.2. The number of hydrazone groups is 1. The van der Waals surface area contributed by atoms with Crippen LogP contribution in [0.4, 0.5) is 14.5 Å². The second-order valence-corrected chi connectivity index (χ2v) is 6.25. The zero-order chi connectivity index (χ0) is 20.2. The molecule has 0 unspecified atom stereocenters. The minimum absolute atomic E-state index is 0.0405. The van der Waals surface area contributed by atoms with Crippen molar-refractivity contribution in [2.75, 3.05) is 11.9 Å². The number of nitrogens with one attached hydrogen (secondary N) is 1. The third-order valence-electron chi connectivity index (χ3n) is 4.37. The maximum atomic E-state index is 12.8. The Kier molecular flexibility index (Phi) is 5.28. The molecule has 1 aliphatic heterocycles. The molecule has 4 rings (SSSR count). The Bertz CT molecular complexity index is 970. The molecule has 0 aliphatic carbocycles. The number of halogens is 2. The molecule has 0 spiro atoms. The first-order valence-electron chi connectivity index (χ1n) is 8.86. The van der Waals surface area contributed by atoms with Crippen LogP contribution in [0, 0.1) is 0 Å². The average molecular weight is 401 g/mol. The lowest BCUT2D eigenvalue weighted by atomic mass is 10.1. The number of nitrogens with zero attached hydrogens (tertiary/aromatic N) is 2. The van der Waals surface area contributed by atoms with Crippen molar-refractivity contribution in [1.29, 1.82) is 0 Å². The van der Waals surface area contributed by atoms with Gasteiger partial charge < -0.3 is 18.9 Å². The van der Waals surface area contributed by atoms with Gasteiger partial charge in [-0.15, -0.1) is 0 Å². The van der Waals surface area contributed by atoms with Crippen LogP contribution < -0.4 is 10.1 Å². The highest BCUT2D eigenvalue weighted by Crippen LogP contribution is 2.33. The van der Waals surface area contributed by atoms with Gasteiger partial charge in [-0.05, 0) is 48.5 Å². The average Bonchev–Trinajstić information content (AvgIpc) is 3.47. The lowest BCUT2D eigenvalue weighted by Gasteiger charge is -2.20. The summed E-state index contributed by atoms with van der Waals surface area (Å²) in [5.41, 5.74) is 1.24. The van der Waals surface area contributed by atoms with Gasteiger partial charge in [0.1, 0.15) is 29.0 Å². The van der Waals surface area contributed by atoms with Gasteiger partial charge in [-0.3, -0.25) is 4.79 Å². The highest BCUT2D eigenvalue weighted by atomic mass is 19.3. The molecule has 150 valence electrons. The van der Waals surface area contributed by atoms with Crippen molar-refractivity contribution in [1.82, 2.24) is 5.01 Å². The van der Waals surface area contributed by atoms with Gasteiger partial charge in [0.25, 0.3) is 5.91 Å². The maximum Gasteiger partial charge on any atom is 0.387 e. The summed E-state index contributed by atoms with van der Waals surface area (Å²) in [4.78, 5) is 12.8. The van der Waals surface area contributed by atoms with E-state index in [0.29, 0.717) is 29.3 Å². The van der Waals surface area contributed by atoms with Crippen LogP contribution in [-0.2, 0) is 4.79 Å². The summed E-state index contributed by atoms with van der Waals surface area (Å²) >= 11 is 0.